The van der Waals surface area contributed by atoms with Gasteiger partial charge >= 0.3 is 0 Å². The molecule has 0 aromatic rings. The van der Waals surface area contributed by atoms with E-state index in [1.165, 1.54) is 51.4 Å². The SMILES string of the molecule is CC(C)C(NC(=O)C12CC3CC(CC(C3)C1)C2)C(=O)NCCCOC1CCCCC1. The average molecular weight is 419 g/mol. The first-order valence-corrected chi connectivity index (χ1v) is 12.7. The van der Waals surface area contributed by atoms with Crippen molar-refractivity contribution < 1.29 is 14.3 Å². The summed E-state index contributed by atoms with van der Waals surface area (Å²) in [5, 5.41) is 6.23. The van der Waals surface area contributed by atoms with E-state index in [0.717, 1.165) is 43.4 Å². The number of ether oxygens (including phenoxy) is 1. The van der Waals surface area contributed by atoms with Crippen molar-refractivity contribution >= 4 is 11.8 Å². The van der Waals surface area contributed by atoms with Crippen LogP contribution < -0.4 is 10.6 Å². The molecular weight excluding hydrogens is 376 g/mol. The van der Waals surface area contributed by atoms with Gasteiger partial charge in [-0.3, -0.25) is 9.59 Å². The Balaban J connectivity index is 1.23. The third-order valence-electron chi connectivity index (χ3n) is 8.28. The van der Waals surface area contributed by atoms with E-state index in [9.17, 15) is 9.59 Å². The van der Waals surface area contributed by atoms with Gasteiger partial charge in [0, 0.05) is 18.6 Å². The van der Waals surface area contributed by atoms with Crippen LogP contribution >= 0.6 is 0 Å². The minimum absolute atomic E-state index is 0.0410. The maximum Gasteiger partial charge on any atom is 0.242 e. The van der Waals surface area contributed by atoms with Gasteiger partial charge in [0.15, 0.2) is 0 Å². The van der Waals surface area contributed by atoms with Crippen LogP contribution in [0.2, 0.25) is 0 Å². The molecule has 0 heterocycles. The third kappa shape index (κ3) is 5.03. The normalized spacial score (nSPS) is 34.2. The molecular formula is C25H42N2O3. The topological polar surface area (TPSA) is 67.4 Å². The van der Waals surface area contributed by atoms with Gasteiger partial charge in [0.1, 0.15) is 6.04 Å². The number of rotatable bonds is 9. The van der Waals surface area contributed by atoms with Crippen molar-refractivity contribution in [3.05, 3.63) is 0 Å². The lowest BCUT2D eigenvalue weighted by Crippen LogP contribution is -2.58. The van der Waals surface area contributed by atoms with Crippen LogP contribution in [0.25, 0.3) is 0 Å². The molecule has 4 bridgehead atoms. The largest absolute Gasteiger partial charge is 0.378 e. The highest BCUT2D eigenvalue weighted by Crippen LogP contribution is 2.60. The van der Waals surface area contributed by atoms with Gasteiger partial charge in [0.2, 0.25) is 11.8 Å². The predicted octanol–water partition coefficient (Wildman–Crippen LogP) is 4.20. The van der Waals surface area contributed by atoms with Crippen molar-refractivity contribution in [3.63, 3.8) is 0 Å². The van der Waals surface area contributed by atoms with Gasteiger partial charge < -0.3 is 15.4 Å². The third-order valence-corrected chi connectivity index (χ3v) is 8.28. The van der Waals surface area contributed by atoms with Crippen molar-refractivity contribution in [3.8, 4) is 0 Å². The van der Waals surface area contributed by atoms with Gasteiger partial charge in [-0.05, 0) is 81.5 Å². The second-order valence-electron chi connectivity index (χ2n) is 11.2. The molecule has 0 spiro atoms. The summed E-state index contributed by atoms with van der Waals surface area (Å²) in [6.45, 7) is 5.37. The van der Waals surface area contributed by atoms with E-state index in [1.54, 1.807) is 0 Å². The lowest BCUT2D eigenvalue weighted by Gasteiger charge is -2.55. The first-order chi connectivity index (χ1) is 14.4. The Morgan fingerprint density at radius 2 is 1.57 bits per heavy atom. The van der Waals surface area contributed by atoms with E-state index >= 15 is 0 Å². The van der Waals surface area contributed by atoms with Crippen LogP contribution in [-0.4, -0.2) is 37.1 Å². The van der Waals surface area contributed by atoms with Crippen LogP contribution in [0.4, 0.5) is 0 Å². The maximum atomic E-state index is 13.4. The molecule has 170 valence electrons. The Bertz CT molecular complexity index is 576. The Morgan fingerprint density at radius 1 is 0.967 bits per heavy atom. The number of carbonyl (C=O) groups is 2. The fourth-order valence-corrected chi connectivity index (χ4v) is 7.09. The molecule has 0 aromatic heterocycles. The van der Waals surface area contributed by atoms with Crippen molar-refractivity contribution in [2.45, 2.75) is 103 Å². The van der Waals surface area contributed by atoms with Crippen LogP contribution in [0.3, 0.4) is 0 Å². The molecule has 0 radical (unpaired) electrons. The molecule has 5 aliphatic rings. The second-order valence-corrected chi connectivity index (χ2v) is 11.2. The molecule has 5 fully saturated rings. The molecule has 0 aromatic carbocycles. The van der Waals surface area contributed by atoms with E-state index in [0.29, 0.717) is 19.3 Å². The highest BCUT2D eigenvalue weighted by molar-refractivity contribution is 5.90. The van der Waals surface area contributed by atoms with Crippen molar-refractivity contribution in [1.82, 2.24) is 10.6 Å². The first-order valence-electron chi connectivity index (χ1n) is 12.7. The molecule has 0 aliphatic heterocycles. The van der Waals surface area contributed by atoms with E-state index in [-0.39, 0.29) is 23.1 Å². The number of nitrogens with one attached hydrogen (secondary N) is 2. The van der Waals surface area contributed by atoms with Gasteiger partial charge in [0.05, 0.1) is 6.10 Å². The van der Waals surface area contributed by atoms with E-state index in [4.69, 9.17) is 4.74 Å². The molecule has 30 heavy (non-hydrogen) atoms. The number of amides is 2. The fraction of sp³-hybridized carbons (Fsp3) is 0.920. The van der Waals surface area contributed by atoms with Gasteiger partial charge in [-0.25, -0.2) is 0 Å². The molecule has 2 N–H and O–H groups in total. The summed E-state index contributed by atoms with van der Waals surface area (Å²) in [5.74, 6) is 2.39. The van der Waals surface area contributed by atoms with Gasteiger partial charge in [-0.15, -0.1) is 0 Å². The van der Waals surface area contributed by atoms with E-state index in [1.807, 2.05) is 13.8 Å². The zero-order valence-corrected chi connectivity index (χ0v) is 19.1. The van der Waals surface area contributed by atoms with Gasteiger partial charge in [-0.2, -0.15) is 0 Å². The Labute approximate surface area is 182 Å². The molecule has 5 aliphatic carbocycles. The smallest absolute Gasteiger partial charge is 0.242 e. The second kappa shape index (κ2) is 9.58. The summed E-state index contributed by atoms with van der Waals surface area (Å²) in [6.07, 6.45) is 14.6. The summed E-state index contributed by atoms with van der Waals surface area (Å²) >= 11 is 0. The lowest BCUT2D eigenvalue weighted by atomic mass is 9.49. The Hall–Kier alpha value is -1.10. The Morgan fingerprint density at radius 3 is 2.13 bits per heavy atom. The quantitative estimate of drug-likeness (QED) is 0.552. The monoisotopic (exact) mass is 418 g/mol. The summed E-state index contributed by atoms with van der Waals surface area (Å²) in [5.41, 5.74) is -0.198. The highest BCUT2D eigenvalue weighted by Gasteiger charge is 2.55. The first kappa shape index (κ1) is 22.1. The lowest BCUT2D eigenvalue weighted by molar-refractivity contribution is -0.149. The standard InChI is InChI=1S/C25H42N2O3/c1-17(2)22(23(28)26-9-6-10-30-21-7-4-3-5-8-21)27-24(29)25-14-18-11-19(15-25)13-20(12-18)16-25/h17-22H,3-16H2,1-2H3,(H,26,28)(H,27,29). The minimum atomic E-state index is -0.440. The molecule has 1 unspecified atom stereocenters. The van der Waals surface area contributed by atoms with Crippen LogP contribution in [-0.2, 0) is 14.3 Å². The molecule has 5 saturated carbocycles. The molecule has 5 rings (SSSR count). The van der Waals surface area contributed by atoms with Crippen molar-refractivity contribution in [1.29, 1.82) is 0 Å². The van der Waals surface area contributed by atoms with E-state index < -0.39 is 6.04 Å². The number of carbonyl (C=O) groups excluding carboxylic acids is 2. The molecule has 2 amide bonds. The predicted molar refractivity (Wildman–Crippen MR) is 118 cm³/mol. The van der Waals surface area contributed by atoms with Crippen LogP contribution in [0, 0.1) is 29.1 Å². The zero-order chi connectivity index (χ0) is 21.1. The molecule has 0 saturated heterocycles. The fourth-order valence-electron chi connectivity index (χ4n) is 7.09. The maximum absolute atomic E-state index is 13.4. The molecule has 1 atom stereocenters. The molecule has 5 heteroatoms. The summed E-state index contributed by atoms with van der Waals surface area (Å²) in [4.78, 5) is 26.2. The van der Waals surface area contributed by atoms with Gasteiger partial charge in [-0.1, -0.05) is 33.1 Å². The van der Waals surface area contributed by atoms with Gasteiger partial charge in [0.25, 0.3) is 0 Å². The summed E-state index contributed by atoms with van der Waals surface area (Å²) < 4.78 is 5.95. The van der Waals surface area contributed by atoms with Crippen LogP contribution in [0.15, 0.2) is 0 Å². The zero-order valence-electron chi connectivity index (χ0n) is 19.1. The summed E-state index contributed by atoms with van der Waals surface area (Å²) in [7, 11) is 0. The molecule has 5 nitrogen and oxygen atoms in total. The Kier molecular flexibility index (Phi) is 7.06. The average Bonchev–Trinajstić information content (AvgIpc) is 2.71. The van der Waals surface area contributed by atoms with E-state index in [2.05, 4.69) is 10.6 Å². The summed E-state index contributed by atoms with van der Waals surface area (Å²) in [6, 6.07) is -0.440. The van der Waals surface area contributed by atoms with Crippen molar-refractivity contribution in [2.24, 2.45) is 29.1 Å². The van der Waals surface area contributed by atoms with Crippen LogP contribution in [0.5, 0.6) is 0 Å². The van der Waals surface area contributed by atoms with Crippen LogP contribution in [0.1, 0.15) is 90.9 Å². The number of hydrogen-bond donors (Lipinski definition) is 2. The van der Waals surface area contributed by atoms with Crippen molar-refractivity contribution in [2.75, 3.05) is 13.2 Å². The highest BCUT2D eigenvalue weighted by atomic mass is 16.5. The number of hydrogen-bond acceptors (Lipinski definition) is 3. The minimum Gasteiger partial charge on any atom is -0.378 e.